The normalized spacial score (nSPS) is 14.1. The predicted octanol–water partition coefficient (Wildman–Crippen LogP) is 5.04. The van der Waals surface area contributed by atoms with E-state index < -0.39 is 9.84 Å². The molecule has 1 aliphatic heterocycles. The first-order chi connectivity index (χ1) is 17.2. The van der Waals surface area contributed by atoms with Crippen LogP contribution in [0.4, 0.5) is 0 Å². The molecule has 3 aromatic carbocycles. The predicted molar refractivity (Wildman–Crippen MR) is 142 cm³/mol. The maximum atomic E-state index is 13.2. The molecule has 1 amide bonds. The minimum atomic E-state index is -3.60. The summed E-state index contributed by atoms with van der Waals surface area (Å²) in [5.74, 6) is 0.208. The number of hydrogen-bond donors (Lipinski definition) is 2. The van der Waals surface area contributed by atoms with Gasteiger partial charge in [-0.25, -0.2) is 8.42 Å². The monoisotopic (exact) mass is 546 g/mol. The number of amides is 1. The number of hydrogen-bond acceptors (Lipinski definition) is 5. The van der Waals surface area contributed by atoms with Gasteiger partial charge in [-0.1, -0.05) is 53.5 Å². The van der Waals surface area contributed by atoms with Gasteiger partial charge in [0.2, 0.25) is 5.91 Å². The lowest BCUT2D eigenvalue weighted by molar-refractivity contribution is -0.121. The molecule has 0 aliphatic carbocycles. The van der Waals surface area contributed by atoms with Crippen LogP contribution in [0.15, 0.2) is 59.5 Å². The molecule has 1 unspecified atom stereocenters. The van der Waals surface area contributed by atoms with Gasteiger partial charge in [0, 0.05) is 12.1 Å². The van der Waals surface area contributed by atoms with Gasteiger partial charge in [0.15, 0.2) is 9.84 Å². The summed E-state index contributed by atoms with van der Waals surface area (Å²) in [6, 6.07) is 15.2. The van der Waals surface area contributed by atoms with E-state index in [-0.39, 0.29) is 29.0 Å². The summed E-state index contributed by atoms with van der Waals surface area (Å²) in [7, 11) is -2.05. The number of methoxy groups -OCH3 is 1. The van der Waals surface area contributed by atoms with Gasteiger partial charge in [-0.05, 0) is 66.4 Å². The van der Waals surface area contributed by atoms with Crippen molar-refractivity contribution in [2.75, 3.05) is 13.7 Å². The third-order valence-electron chi connectivity index (χ3n) is 6.31. The summed E-state index contributed by atoms with van der Waals surface area (Å²) in [6.07, 6.45) is 0.959. The van der Waals surface area contributed by atoms with Gasteiger partial charge in [-0.3, -0.25) is 4.79 Å². The highest BCUT2D eigenvalue weighted by Crippen LogP contribution is 2.31. The van der Waals surface area contributed by atoms with Gasteiger partial charge in [0.1, 0.15) is 5.75 Å². The zero-order valence-corrected chi connectivity index (χ0v) is 22.4. The minimum absolute atomic E-state index is 0.107. The second-order valence-electron chi connectivity index (χ2n) is 8.87. The van der Waals surface area contributed by atoms with Crippen LogP contribution < -0.4 is 15.4 Å². The van der Waals surface area contributed by atoms with Gasteiger partial charge in [-0.2, -0.15) is 0 Å². The van der Waals surface area contributed by atoms with E-state index in [0.29, 0.717) is 26.9 Å². The van der Waals surface area contributed by atoms with Crippen LogP contribution in [-0.2, 0) is 39.8 Å². The highest BCUT2D eigenvalue weighted by Gasteiger charge is 2.21. The summed E-state index contributed by atoms with van der Waals surface area (Å²) in [4.78, 5) is 12.8. The Bertz CT molecular complexity index is 1380. The van der Waals surface area contributed by atoms with Crippen LogP contribution in [0.3, 0.4) is 0 Å². The van der Waals surface area contributed by atoms with Crippen LogP contribution in [0.2, 0.25) is 10.0 Å². The smallest absolute Gasteiger partial charge is 0.224 e. The average Bonchev–Trinajstić information content (AvgIpc) is 2.85. The second kappa shape index (κ2) is 11.2. The van der Waals surface area contributed by atoms with Crippen molar-refractivity contribution in [3.05, 3.63) is 92.5 Å². The van der Waals surface area contributed by atoms with Crippen molar-refractivity contribution >= 4 is 38.9 Å². The SMILES string of the molecule is COc1cc2c(cc1CS(=O)(=O)c1ccc(CC(=O)NC(C)c3cccc(Cl)c3Cl)cc1)CCNC2. The van der Waals surface area contributed by atoms with E-state index in [1.54, 1.807) is 43.5 Å². The van der Waals surface area contributed by atoms with Crippen molar-refractivity contribution in [3.63, 3.8) is 0 Å². The van der Waals surface area contributed by atoms with Crippen LogP contribution in [0.25, 0.3) is 0 Å². The molecule has 1 atom stereocenters. The maximum absolute atomic E-state index is 13.2. The van der Waals surface area contributed by atoms with E-state index in [9.17, 15) is 13.2 Å². The summed E-state index contributed by atoms with van der Waals surface area (Å²) in [6.45, 7) is 3.45. The van der Waals surface area contributed by atoms with Crippen molar-refractivity contribution < 1.29 is 17.9 Å². The minimum Gasteiger partial charge on any atom is -0.496 e. The zero-order chi connectivity index (χ0) is 25.9. The number of carbonyl (C=O) groups is 1. The number of carbonyl (C=O) groups excluding carboxylic acids is 1. The van der Waals surface area contributed by atoms with Crippen molar-refractivity contribution in [2.45, 2.75) is 43.0 Å². The molecule has 0 saturated carbocycles. The molecule has 0 fully saturated rings. The van der Waals surface area contributed by atoms with Crippen LogP contribution in [0.5, 0.6) is 5.75 Å². The summed E-state index contributed by atoms with van der Waals surface area (Å²) < 4.78 is 31.8. The van der Waals surface area contributed by atoms with Crippen molar-refractivity contribution in [1.82, 2.24) is 10.6 Å². The van der Waals surface area contributed by atoms with Crippen LogP contribution in [0, 0.1) is 0 Å². The van der Waals surface area contributed by atoms with Crippen LogP contribution >= 0.6 is 23.2 Å². The standard InChI is InChI=1S/C27H28Cl2N2O4S/c1-17(23-4-3-5-24(28)27(23)29)31-26(32)12-18-6-8-22(9-7-18)36(33,34)16-21-13-19-10-11-30-15-20(19)14-25(21)35-2/h3-9,13-14,17,30H,10-12,15-16H2,1-2H3,(H,31,32). The molecule has 4 rings (SSSR count). The number of nitrogens with one attached hydrogen (secondary N) is 2. The number of ether oxygens (including phenoxy) is 1. The number of sulfone groups is 1. The van der Waals surface area contributed by atoms with Crippen LogP contribution in [0.1, 0.15) is 40.8 Å². The number of rotatable bonds is 8. The first-order valence-corrected chi connectivity index (χ1v) is 14.0. The van der Waals surface area contributed by atoms with Crippen LogP contribution in [-0.4, -0.2) is 28.0 Å². The highest BCUT2D eigenvalue weighted by molar-refractivity contribution is 7.90. The van der Waals surface area contributed by atoms with E-state index >= 15 is 0 Å². The molecule has 0 aromatic heterocycles. The number of fused-ring (bicyclic) bond motifs is 1. The molecular formula is C27H28Cl2N2O4S. The molecule has 9 heteroatoms. The Kier molecular flexibility index (Phi) is 8.25. The Morgan fingerprint density at radius 1 is 1.11 bits per heavy atom. The van der Waals surface area contributed by atoms with Gasteiger partial charge in [0.05, 0.1) is 40.3 Å². The van der Waals surface area contributed by atoms with Gasteiger partial charge >= 0.3 is 0 Å². The lowest BCUT2D eigenvalue weighted by Gasteiger charge is -2.20. The van der Waals surface area contributed by atoms with E-state index in [4.69, 9.17) is 27.9 Å². The molecule has 2 N–H and O–H groups in total. The topological polar surface area (TPSA) is 84.5 Å². The average molecular weight is 548 g/mol. The summed E-state index contributed by atoms with van der Waals surface area (Å²) in [5, 5.41) is 7.06. The Morgan fingerprint density at radius 2 is 1.86 bits per heavy atom. The lowest BCUT2D eigenvalue weighted by Crippen LogP contribution is -2.28. The third-order valence-corrected chi connectivity index (χ3v) is 8.82. The largest absolute Gasteiger partial charge is 0.496 e. The lowest BCUT2D eigenvalue weighted by atomic mass is 9.98. The van der Waals surface area contributed by atoms with Crippen molar-refractivity contribution in [3.8, 4) is 5.75 Å². The van der Waals surface area contributed by atoms with Crippen molar-refractivity contribution in [1.29, 1.82) is 0 Å². The summed E-state index contributed by atoms with van der Waals surface area (Å²) in [5.41, 5.74) is 4.36. The Morgan fingerprint density at radius 3 is 2.58 bits per heavy atom. The number of benzene rings is 3. The van der Waals surface area contributed by atoms with E-state index in [0.717, 1.165) is 36.2 Å². The third kappa shape index (κ3) is 6.03. The van der Waals surface area contributed by atoms with Gasteiger partial charge < -0.3 is 15.4 Å². The zero-order valence-electron chi connectivity index (χ0n) is 20.1. The van der Waals surface area contributed by atoms with Gasteiger partial charge in [-0.15, -0.1) is 0 Å². The molecule has 1 aliphatic rings. The Hall–Kier alpha value is -2.58. The molecule has 0 spiro atoms. The summed E-state index contributed by atoms with van der Waals surface area (Å²) >= 11 is 12.3. The Balaban J connectivity index is 1.43. The first kappa shape index (κ1) is 26.5. The molecule has 190 valence electrons. The maximum Gasteiger partial charge on any atom is 0.224 e. The molecule has 36 heavy (non-hydrogen) atoms. The van der Waals surface area contributed by atoms with Crippen molar-refractivity contribution in [2.24, 2.45) is 0 Å². The van der Waals surface area contributed by atoms with E-state index in [2.05, 4.69) is 10.6 Å². The molecule has 0 radical (unpaired) electrons. The fraction of sp³-hybridized carbons (Fsp3) is 0.296. The molecule has 0 bridgehead atoms. The van der Waals surface area contributed by atoms with E-state index in [1.807, 2.05) is 25.1 Å². The fourth-order valence-electron chi connectivity index (χ4n) is 4.38. The van der Waals surface area contributed by atoms with Gasteiger partial charge in [0.25, 0.3) is 0 Å². The highest BCUT2D eigenvalue weighted by atomic mass is 35.5. The number of halogens is 2. The molecule has 3 aromatic rings. The first-order valence-electron chi connectivity index (χ1n) is 11.6. The molecule has 1 heterocycles. The fourth-order valence-corrected chi connectivity index (χ4v) is 6.20. The molecule has 0 saturated heterocycles. The Labute approximate surface area is 221 Å². The second-order valence-corrected chi connectivity index (χ2v) is 11.6. The molecule has 6 nitrogen and oxygen atoms in total. The molecular weight excluding hydrogens is 519 g/mol. The quantitative estimate of drug-likeness (QED) is 0.413. The van der Waals surface area contributed by atoms with E-state index in [1.165, 1.54) is 0 Å².